The van der Waals surface area contributed by atoms with E-state index in [-0.39, 0.29) is 11.4 Å². The van der Waals surface area contributed by atoms with E-state index in [1.807, 2.05) is 0 Å². The van der Waals surface area contributed by atoms with E-state index in [2.05, 4.69) is 25.7 Å². The van der Waals surface area contributed by atoms with Crippen LogP contribution in [0.3, 0.4) is 0 Å². The number of nitrogens with zero attached hydrogens (tertiary/aromatic N) is 2. The molecular formula is C16H21F3N2O. The molecule has 1 saturated heterocycles. The van der Waals surface area contributed by atoms with Crippen molar-refractivity contribution in [3.63, 3.8) is 0 Å². The molecular weight excluding hydrogens is 293 g/mol. The lowest BCUT2D eigenvalue weighted by atomic mass is 9.98. The van der Waals surface area contributed by atoms with Crippen LogP contribution >= 0.6 is 0 Å². The van der Waals surface area contributed by atoms with E-state index < -0.39 is 11.7 Å². The number of hydrogen-bond donors (Lipinski definition) is 0. The minimum absolute atomic E-state index is 0.130. The Labute approximate surface area is 128 Å². The first-order valence-electron chi connectivity index (χ1n) is 7.37. The predicted molar refractivity (Wildman–Crippen MR) is 78.7 cm³/mol. The topological polar surface area (TPSA) is 23.6 Å². The summed E-state index contributed by atoms with van der Waals surface area (Å²) in [7, 11) is 0. The highest BCUT2D eigenvalue weighted by Crippen LogP contribution is 2.29. The minimum Gasteiger partial charge on any atom is -0.336 e. The molecule has 0 N–H and O–H groups in total. The molecule has 0 unspecified atom stereocenters. The van der Waals surface area contributed by atoms with Crippen LogP contribution < -0.4 is 0 Å². The van der Waals surface area contributed by atoms with Crippen molar-refractivity contribution < 1.29 is 18.0 Å². The first-order chi connectivity index (χ1) is 10.1. The summed E-state index contributed by atoms with van der Waals surface area (Å²) in [4.78, 5) is 16.5. The summed E-state index contributed by atoms with van der Waals surface area (Å²) in [6, 6.07) is 4.43. The maximum absolute atomic E-state index is 12.6. The monoisotopic (exact) mass is 314 g/mol. The maximum atomic E-state index is 12.6. The summed E-state index contributed by atoms with van der Waals surface area (Å²) >= 11 is 0. The van der Waals surface area contributed by atoms with Gasteiger partial charge in [-0.15, -0.1) is 0 Å². The van der Waals surface area contributed by atoms with Crippen molar-refractivity contribution in [1.29, 1.82) is 0 Å². The highest BCUT2D eigenvalue weighted by Gasteiger charge is 2.35. The molecule has 0 aliphatic carbocycles. The standard InChI is InChI=1S/C16H21F3N2O/c1-4-21-10-9-20(11-15(21,2)3)14(22)12-5-7-13(8-6-12)16(17,18)19/h5-8H,4,9-11H2,1-3H3. The predicted octanol–water partition coefficient (Wildman–Crippen LogP) is 3.26. The van der Waals surface area contributed by atoms with E-state index in [0.717, 1.165) is 25.2 Å². The molecule has 1 aliphatic heterocycles. The summed E-state index contributed by atoms with van der Waals surface area (Å²) in [5.41, 5.74) is -0.567. The summed E-state index contributed by atoms with van der Waals surface area (Å²) in [6.45, 7) is 9.07. The number of carbonyl (C=O) groups is 1. The fourth-order valence-electron chi connectivity index (χ4n) is 2.93. The second-order valence-corrected chi connectivity index (χ2v) is 6.19. The number of hydrogen-bond acceptors (Lipinski definition) is 2. The zero-order chi connectivity index (χ0) is 16.5. The summed E-state index contributed by atoms with van der Waals surface area (Å²) in [6.07, 6.45) is -4.38. The first kappa shape index (κ1) is 16.8. The molecule has 1 heterocycles. The van der Waals surface area contributed by atoms with Crippen molar-refractivity contribution in [2.45, 2.75) is 32.5 Å². The van der Waals surface area contributed by atoms with Gasteiger partial charge in [0.25, 0.3) is 5.91 Å². The van der Waals surface area contributed by atoms with Crippen LogP contribution in [0.25, 0.3) is 0 Å². The molecule has 6 heteroatoms. The Morgan fingerprint density at radius 2 is 1.77 bits per heavy atom. The summed E-state index contributed by atoms with van der Waals surface area (Å²) in [5.74, 6) is -0.211. The van der Waals surface area contributed by atoms with Gasteiger partial charge in [-0.3, -0.25) is 9.69 Å². The Balaban J connectivity index is 2.12. The number of rotatable bonds is 2. The Bertz CT molecular complexity index is 537. The van der Waals surface area contributed by atoms with Crippen LogP contribution in [-0.4, -0.2) is 47.4 Å². The van der Waals surface area contributed by atoms with Crippen molar-refractivity contribution in [3.8, 4) is 0 Å². The Morgan fingerprint density at radius 3 is 2.23 bits per heavy atom. The molecule has 0 saturated carbocycles. The van der Waals surface area contributed by atoms with Gasteiger partial charge >= 0.3 is 6.18 Å². The summed E-state index contributed by atoms with van der Waals surface area (Å²) in [5, 5.41) is 0. The lowest BCUT2D eigenvalue weighted by Gasteiger charge is -2.46. The van der Waals surface area contributed by atoms with Gasteiger partial charge in [0, 0.05) is 30.7 Å². The fourth-order valence-corrected chi connectivity index (χ4v) is 2.93. The maximum Gasteiger partial charge on any atom is 0.416 e. The quantitative estimate of drug-likeness (QED) is 0.836. The first-order valence-corrected chi connectivity index (χ1v) is 7.37. The lowest BCUT2D eigenvalue weighted by Crippen LogP contribution is -2.60. The molecule has 1 aromatic carbocycles. The Morgan fingerprint density at radius 1 is 1.18 bits per heavy atom. The number of halogens is 3. The van der Waals surface area contributed by atoms with Crippen LogP contribution in [0.5, 0.6) is 0 Å². The van der Waals surface area contributed by atoms with Gasteiger partial charge in [-0.1, -0.05) is 6.92 Å². The third-order valence-corrected chi connectivity index (χ3v) is 4.20. The number of carbonyl (C=O) groups excluding carboxylic acids is 1. The van der Waals surface area contributed by atoms with Gasteiger partial charge in [0.2, 0.25) is 0 Å². The smallest absolute Gasteiger partial charge is 0.336 e. The van der Waals surface area contributed by atoms with Gasteiger partial charge in [0.05, 0.1) is 5.56 Å². The van der Waals surface area contributed by atoms with Gasteiger partial charge in [-0.25, -0.2) is 0 Å². The van der Waals surface area contributed by atoms with Gasteiger partial charge < -0.3 is 4.90 Å². The van der Waals surface area contributed by atoms with Gasteiger partial charge in [0.15, 0.2) is 0 Å². The summed E-state index contributed by atoms with van der Waals surface area (Å²) < 4.78 is 37.7. The molecule has 0 atom stereocenters. The lowest BCUT2D eigenvalue weighted by molar-refractivity contribution is -0.137. The van der Waals surface area contributed by atoms with Crippen molar-refractivity contribution >= 4 is 5.91 Å². The molecule has 0 radical (unpaired) electrons. The van der Waals surface area contributed by atoms with Crippen LogP contribution in [0.1, 0.15) is 36.7 Å². The van der Waals surface area contributed by atoms with Gasteiger partial charge in [-0.2, -0.15) is 13.2 Å². The van der Waals surface area contributed by atoms with Crippen LogP contribution in [0.2, 0.25) is 0 Å². The molecule has 122 valence electrons. The van der Waals surface area contributed by atoms with Gasteiger partial charge in [0.1, 0.15) is 0 Å². The average molecular weight is 314 g/mol. The van der Waals surface area contributed by atoms with E-state index >= 15 is 0 Å². The van der Waals surface area contributed by atoms with Crippen LogP contribution in [0, 0.1) is 0 Å². The normalized spacial score (nSPS) is 19.3. The number of benzene rings is 1. The largest absolute Gasteiger partial charge is 0.416 e. The number of piperazine rings is 1. The van der Waals surface area contributed by atoms with E-state index in [0.29, 0.717) is 18.7 Å². The van der Waals surface area contributed by atoms with E-state index in [1.165, 1.54) is 12.1 Å². The molecule has 0 aromatic heterocycles. The minimum atomic E-state index is -4.38. The van der Waals surface area contributed by atoms with E-state index in [9.17, 15) is 18.0 Å². The van der Waals surface area contributed by atoms with Gasteiger partial charge in [-0.05, 0) is 44.7 Å². The highest BCUT2D eigenvalue weighted by atomic mass is 19.4. The SMILES string of the molecule is CCN1CCN(C(=O)c2ccc(C(F)(F)F)cc2)CC1(C)C. The second-order valence-electron chi connectivity index (χ2n) is 6.19. The number of alkyl halides is 3. The zero-order valence-electron chi connectivity index (χ0n) is 13.1. The zero-order valence-corrected chi connectivity index (χ0v) is 13.1. The highest BCUT2D eigenvalue weighted by molar-refractivity contribution is 5.94. The molecule has 1 amide bonds. The Hall–Kier alpha value is -1.56. The van der Waals surface area contributed by atoms with Crippen molar-refractivity contribution in [3.05, 3.63) is 35.4 Å². The van der Waals surface area contributed by atoms with Crippen molar-refractivity contribution in [2.24, 2.45) is 0 Å². The van der Waals surface area contributed by atoms with Crippen LogP contribution in [0.4, 0.5) is 13.2 Å². The molecule has 0 bridgehead atoms. The van der Waals surface area contributed by atoms with Crippen LogP contribution in [-0.2, 0) is 6.18 Å². The molecule has 3 nitrogen and oxygen atoms in total. The molecule has 1 aromatic rings. The number of amides is 1. The van der Waals surface area contributed by atoms with E-state index in [1.54, 1.807) is 4.90 Å². The number of likely N-dealkylation sites (N-methyl/N-ethyl adjacent to an activating group) is 1. The Kier molecular flexibility index (Phi) is 4.52. The molecule has 1 aliphatic rings. The van der Waals surface area contributed by atoms with Crippen LogP contribution in [0.15, 0.2) is 24.3 Å². The van der Waals surface area contributed by atoms with Crippen molar-refractivity contribution in [1.82, 2.24) is 9.80 Å². The molecule has 0 spiro atoms. The molecule has 2 rings (SSSR count). The second kappa shape index (κ2) is 5.91. The fraction of sp³-hybridized carbons (Fsp3) is 0.562. The van der Waals surface area contributed by atoms with E-state index in [4.69, 9.17) is 0 Å². The molecule has 1 fully saturated rings. The average Bonchev–Trinajstić information content (AvgIpc) is 2.44. The molecule has 22 heavy (non-hydrogen) atoms. The third-order valence-electron chi connectivity index (χ3n) is 4.20. The third kappa shape index (κ3) is 3.43. The van der Waals surface area contributed by atoms with Crippen molar-refractivity contribution in [2.75, 3.05) is 26.2 Å².